The van der Waals surface area contributed by atoms with Gasteiger partial charge in [-0.3, -0.25) is 9.35 Å². The van der Waals surface area contributed by atoms with Crippen molar-refractivity contribution in [1.29, 1.82) is 0 Å². The van der Waals surface area contributed by atoms with E-state index in [1.807, 2.05) is 0 Å². The normalized spacial score (nSPS) is 28.3. The van der Waals surface area contributed by atoms with Gasteiger partial charge in [0, 0.05) is 6.54 Å². The highest BCUT2D eigenvalue weighted by Gasteiger charge is 2.60. The number of nitrogens with one attached hydrogen (secondary N) is 1. The van der Waals surface area contributed by atoms with Crippen LogP contribution < -0.4 is 5.43 Å². The van der Waals surface area contributed by atoms with Crippen LogP contribution in [0.5, 0.6) is 0 Å². The lowest BCUT2D eigenvalue weighted by molar-refractivity contribution is -0.143. The Balaban J connectivity index is 1.68. The number of cyclic esters (lactones) is 1. The van der Waals surface area contributed by atoms with Crippen molar-refractivity contribution in [2.45, 2.75) is 18.5 Å². The van der Waals surface area contributed by atoms with Gasteiger partial charge in [0.1, 0.15) is 12.6 Å². The highest BCUT2D eigenvalue weighted by molar-refractivity contribution is 7.84. The van der Waals surface area contributed by atoms with Crippen LogP contribution >= 0.6 is 0 Å². The lowest BCUT2D eigenvalue weighted by Gasteiger charge is -2.42. The molecule has 3 saturated heterocycles. The Bertz CT molecular complexity index is 620. The molecule has 3 aliphatic rings. The third-order valence-corrected chi connectivity index (χ3v) is 4.59. The third-order valence-electron chi connectivity index (χ3n) is 3.64. The summed E-state index contributed by atoms with van der Waals surface area (Å²) in [4.78, 5) is 36.1. The maximum Gasteiger partial charge on any atom is 0.428 e. The van der Waals surface area contributed by atoms with E-state index < -0.39 is 40.4 Å². The van der Waals surface area contributed by atoms with Gasteiger partial charge in [-0.05, 0) is 6.42 Å². The van der Waals surface area contributed by atoms with Crippen molar-refractivity contribution in [3.05, 3.63) is 0 Å². The molecule has 0 aromatic rings. The topological polar surface area (TPSA) is 137 Å². The second-order valence-electron chi connectivity index (χ2n) is 4.79. The molecule has 3 rings (SSSR count). The van der Waals surface area contributed by atoms with Crippen LogP contribution in [0.1, 0.15) is 6.42 Å². The second kappa shape index (κ2) is 4.46. The summed E-state index contributed by atoms with van der Waals surface area (Å²) in [5.74, 6) is -0.862. The largest absolute Gasteiger partial charge is 0.446 e. The predicted molar refractivity (Wildman–Crippen MR) is 63.9 cm³/mol. The molecule has 12 heteroatoms. The molecule has 0 aliphatic carbocycles. The second-order valence-corrected chi connectivity index (χ2v) is 6.08. The maximum atomic E-state index is 12.0. The van der Waals surface area contributed by atoms with Crippen LogP contribution in [0.15, 0.2) is 0 Å². The van der Waals surface area contributed by atoms with Crippen LogP contribution in [0.25, 0.3) is 0 Å². The molecule has 4 amide bonds. The average Bonchev–Trinajstić information content (AvgIpc) is 2.92. The van der Waals surface area contributed by atoms with Crippen molar-refractivity contribution in [1.82, 2.24) is 19.6 Å². The van der Waals surface area contributed by atoms with Crippen LogP contribution in [0.3, 0.4) is 0 Å². The van der Waals surface area contributed by atoms with Crippen molar-refractivity contribution >= 4 is 28.3 Å². The zero-order chi connectivity index (χ0) is 15.4. The van der Waals surface area contributed by atoms with E-state index in [4.69, 9.17) is 4.55 Å². The first-order chi connectivity index (χ1) is 9.80. The quantitative estimate of drug-likeness (QED) is 0.450. The molecule has 0 saturated carbocycles. The minimum atomic E-state index is -4.61. The molecule has 21 heavy (non-hydrogen) atoms. The van der Waals surface area contributed by atoms with Crippen molar-refractivity contribution in [2.24, 2.45) is 0 Å². The molecular formula is C9H12N4O7S. The Kier molecular flexibility index (Phi) is 2.95. The fourth-order valence-electron chi connectivity index (χ4n) is 2.72. The molecule has 0 radical (unpaired) electrons. The Morgan fingerprint density at radius 3 is 2.62 bits per heavy atom. The van der Waals surface area contributed by atoms with E-state index in [2.05, 4.69) is 10.2 Å². The zero-order valence-electron chi connectivity index (χ0n) is 10.6. The number of likely N-dealkylation sites (tertiary alicyclic amines) is 1. The summed E-state index contributed by atoms with van der Waals surface area (Å²) < 4.78 is 36.0. The molecule has 0 aromatic heterocycles. The number of ether oxygens (including phenoxy) is 1. The van der Waals surface area contributed by atoms with Gasteiger partial charge in [0.05, 0.1) is 12.6 Å². The van der Waals surface area contributed by atoms with Gasteiger partial charge >= 0.3 is 22.4 Å². The molecule has 3 heterocycles. The molecule has 2 atom stereocenters. The van der Waals surface area contributed by atoms with Crippen LogP contribution in [-0.2, 0) is 19.8 Å². The lowest BCUT2D eigenvalue weighted by Crippen LogP contribution is -2.69. The SMILES string of the molecule is O=C1OCCN1NC(=O)N1CC[C@@H]2[C@H]1C(=O)N2S(=O)(=O)O. The first-order valence-electron chi connectivity index (χ1n) is 6.13. The van der Waals surface area contributed by atoms with E-state index in [1.54, 1.807) is 0 Å². The number of fused-ring (bicyclic) bond motifs is 1. The van der Waals surface area contributed by atoms with E-state index in [0.717, 1.165) is 9.91 Å². The van der Waals surface area contributed by atoms with Gasteiger partial charge in [0.15, 0.2) is 0 Å². The molecule has 0 aromatic carbocycles. The molecule has 116 valence electrons. The molecule has 0 bridgehead atoms. The summed E-state index contributed by atoms with van der Waals surface area (Å²) in [6, 6.07) is -2.39. The van der Waals surface area contributed by atoms with Crippen molar-refractivity contribution in [3.63, 3.8) is 0 Å². The lowest BCUT2D eigenvalue weighted by atomic mass is 10.0. The molecule has 11 nitrogen and oxygen atoms in total. The number of amides is 4. The predicted octanol–water partition coefficient (Wildman–Crippen LogP) is -1.85. The molecule has 0 unspecified atom stereocenters. The number of carbonyl (C=O) groups excluding carboxylic acids is 3. The highest BCUT2D eigenvalue weighted by atomic mass is 32.2. The Morgan fingerprint density at radius 1 is 1.33 bits per heavy atom. The van der Waals surface area contributed by atoms with Crippen molar-refractivity contribution in [3.8, 4) is 0 Å². The monoisotopic (exact) mass is 320 g/mol. The highest BCUT2D eigenvalue weighted by Crippen LogP contribution is 2.35. The Hall–Kier alpha value is -2.08. The number of rotatable bonds is 2. The molecule has 2 N–H and O–H groups in total. The summed E-state index contributed by atoms with van der Waals surface area (Å²) in [6.07, 6.45) is -0.466. The third kappa shape index (κ3) is 2.06. The van der Waals surface area contributed by atoms with Gasteiger partial charge < -0.3 is 9.64 Å². The van der Waals surface area contributed by atoms with Gasteiger partial charge in [0.2, 0.25) is 0 Å². The number of hydrogen-bond donors (Lipinski definition) is 2. The first-order valence-corrected chi connectivity index (χ1v) is 7.52. The maximum absolute atomic E-state index is 12.0. The minimum absolute atomic E-state index is 0.141. The number of hydrogen-bond acceptors (Lipinski definition) is 6. The fraction of sp³-hybridized carbons (Fsp3) is 0.667. The Morgan fingerprint density at radius 2 is 2.05 bits per heavy atom. The van der Waals surface area contributed by atoms with E-state index in [1.165, 1.54) is 0 Å². The van der Waals surface area contributed by atoms with Gasteiger partial charge in [0.25, 0.3) is 5.91 Å². The van der Waals surface area contributed by atoms with Crippen LogP contribution in [-0.4, -0.2) is 77.0 Å². The smallest absolute Gasteiger partial charge is 0.428 e. The standard InChI is InChI=1S/C9H12N4O7S/c14-7-6-5(13(7)21(17,18)19)1-2-11(6)8(15)10-12-3-4-20-9(12)16/h5-6H,1-4H2,(H,10,15)(H,17,18,19)/t5-,6+/m1/s1. The summed E-state index contributed by atoms with van der Waals surface area (Å²) in [5.41, 5.74) is 2.29. The van der Waals surface area contributed by atoms with E-state index >= 15 is 0 Å². The molecule has 3 fully saturated rings. The minimum Gasteiger partial charge on any atom is -0.446 e. The molecular weight excluding hydrogens is 308 g/mol. The van der Waals surface area contributed by atoms with E-state index in [9.17, 15) is 22.8 Å². The van der Waals surface area contributed by atoms with Crippen LogP contribution in [0, 0.1) is 0 Å². The van der Waals surface area contributed by atoms with Gasteiger partial charge in [-0.15, -0.1) is 0 Å². The van der Waals surface area contributed by atoms with Crippen LogP contribution in [0.2, 0.25) is 0 Å². The summed E-state index contributed by atoms with van der Waals surface area (Å²) >= 11 is 0. The van der Waals surface area contributed by atoms with Gasteiger partial charge in [-0.25, -0.2) is 24.3 Å². The number of carbonyl (C=O) groups is 3. The first kappa shape index (κ1) is 13.9. The zero-order valence-corrected chi connectivity index (χ0v) is 11.4. The summed E-state index contributed by atoms with van der Waals surface area (Å²) in [5, 5.41) is 0.972. The summed E-state index contributed by atoms with van der Waals surface area (Å²) in [7, 11) is -4.61. The number of nitrogens with zero attached hydrogens (tertiary/aromatic N) is 3. The molecule has 0 spiro atoms. The molecule has 3 aliphatic heterocycles. The summed E-state index contributed by atoms with van der Waals surface area (Å²) in [6.45, 7) is 0.486. The van der Waals surface area contributed by atoms with Gasteiger partial charge in [-0.1, -0.05) is 0 Å². The van der Waals surface area contributed by atoms with Crippen LogP contribution in [0.4, 0.5) is 9.59 Å². The van der Waals surface area contributed by atoms with Crippen molar-refractivity contribution < 1.29 is 32.1 Å². The number of urea groups is 1. The van der Waals surface area contributed by atoms with Crippen molar-refractivity contribution in [2.75, 3.05) is 19.7 Å². The average molecular weight is 320 g/mol. The Labute approximate surface area is 119 Å². The van der Waals surface area contributed by atoms with E-state index in [0.29, 0.717) is 4.31 Å². The van der Waals surface area contributed by atoms with E-state index in [-0.39, 0.29) is 26.1 Å². The number of β-lactam (4-membered cyclic amide) rings is 1. The fourth-order valence-corrected chi connectivity index (χ4v) is 3.62. The number of hydrazine groups is 1. The van der Waals surface area contributed by atoms with Gasteiger partial charge in [-0.2, -0.15) is 8.42 Å².